The smallest absolute Gasteiger partial charge is 0.00746 e. The Morgan fingerprint density at radius 1 is 1.10 bits per heavy atom. The number of hydrogen-bond acceptors (Lipinski definition) is 1. The third kappa shape index (κ3) is 1.20. The predicted molar refractivity (Wildman–Crippen MR) is 42.6 cm³/mol. The molecule has 0 bridgehead atoms. The van der Waals surface area contributed by atoms with Crippen molar-refractivity contribution < 1.29 is 0 Å². The van der Waals surface area contributed by atoms with Crippen molar-refractivity contribution in [3.63, 3.8) is 0 Å². The zero-order valence-corrected chi connectivity index (χ0v) is 6.55. The summed E-state index contributed by atoms with van der Waals surface area (Å²) in [6.45, 7) is 0.905. The molecule has 3 atom stereocenters. The summed E-state index contributed by atoms with van der Waals surface area (Å²) in [4.78, 5) is 0. The lowest BCUT2D eigenvalue weighted by Crippen LogP contribution is -2.13. The molecule has 0 aromatic carbocycles. The third-order valence-corrected chi connectivity index (χ3v) is 3.23. The first-order valence-electron chi connectivity index (χ1n) is 4.60. The lowest BCUT2D eigenvalue weighted by molar-refractivity contribution is 0.329. The quantitative estimate of drug-likeness (QED) is 0.620. The molecule has 0 spiro atoms. The molecule has 2 N–H and O–H groups in total. The lowest BCUT2D eigenvalue weighted by atomic mass is 9.87. The van der Waals surface area contributed by atoms with Gasteiger partial charge in [-0.15, -0.1) is 0 Å². The summed E-state index contributed by atoms with van der Waals surface area (Å²) in [5.41, 5.74) is 5.52. The van der Waals surface area contributed by atoms with Gasteiger partial charge in [0.2, 0.25) is 0 Å². The second kappa shape index (κ2) is 2.54. The molecule has 2 fully saturated rings. The highest BCUT2D eigenvalue weighted by atomic mass is 14.5. The second-order valence-corrected chi connectivity index (χ2v) is 4.01. The van der Waals surface area contributed by atoms with Gasteiger partial charge in [-0.1, -0.05) is 6.42 Å². The molecule has 10 heavy (non-hydrogen) atoms. The van der Waals surface area contributed by atoms with Crippen LogP contribution in [0.4, 0.5) is 0 Å². The molecule has 0 radical (unpaired) electrons. The maximum atomic E-state index is 5.52. The topological polar surface area (TPSA) is 26.0 Å². The van der Waals surface area contributed by atoms with Crippen LogP contribution in [-0.2, 0) is 0 Å². The number of fused-ring (bicyclic) bond motifs is 1. The fraction of sp³-hybridized carbons (Fsp3) is 1.00. The Bertz CT molecular complexity index is 122. The molecule has 58 valence electrons. The molecular formula is C9H17N. The van der Waals surface area contributed by atoms with E-state index in [1.165, 1.54) is 25.7 Å². The summed E-state index contributed by atoms with van der Waals surface area (Å²) in [5, 5.41) is 0. The van der Waals surface area contributed by atoms with Gasteiger partial charge in [-0.25, -0.2) is 0 Å². The molecule has 0 heterocycles. The van der Waals surface area contributed by atoms with E-state index in [9.17, 15) is 0 Å². The number of nitrogens with two attached hydrogens (primary N) is 1. The zero-order chi connectivity index (χ0) is 6.97. The number of rotatable bonds is 2. The Labute approximate surface area is 63.0 Å². The highest BCUT2D eigenvalue weighted by Crippen LogP contribution is 2.51. The summed E-state index contributed by atoms with van der Waals surface area (Å²) in [5.74, 6) is 3.27. The summed E-state index contributed by atoms with van der Waals surface area (Å²) < 4.78 is 0. The zero-order valence-electron chi connectivity index (χ0n) is 6.55. The standard InChI is InChI=1S/C9H17N/c10-4-3-7-1-2-8-6-9(8)5-7/h7-9H,1-6,10H2/t7-,8-,9-/m0/s1. The SMILES string of the molecule is NCC[C@@H]1CC[C@H]2C[C@@H]2C1. The molecule has 0 amide bonds. The van der Waals surface area contributed by atoms with Gasteiger partial charge in [0.25, 0.3) is 0 Å². The van der Waals surface area contributed by atoms with Gasteiger partial charge < -0.3 is 5.73 Å². The monoisotopic (exact) mass is 139 g/mol. The molecule has 0 aromatic rings. The van der Waals surface area contributed by atoms with Crippen LogP contribution < -0.4 is 5.73 Å². The van der Waals surface area contributed by atoms with Crippen molar-refractivity contribution in [2.24, 2.45) is 23.5 Å². The van der Waals surface area contributed by atoms with Gasteiger partial charge >= 0.3 is 0 Å². The first-order valence-corrected chi connectivity index (χ1v) is 4.60. The van der Waals surface area contributed by atoms with Crippen LogP contribution in [0.3, 0.4) is 0 Å². The van der Waals surface area contributed by atoms with E-state index in [-0.39, 0.29) is 0 Å². The van der Waals surface area contributed by atoms with E-state index in [1.54, 1.807) is 6.42 Å². The number of hydrogen-bond donors (Lipinski definition) is 1. The van der Waals surface area contributed by atoms with E-state index in [4.69, 9.17) is 5.73 Å². The van der Waals surface area contributed by atoms with E-state index in [0.717, 1.165) is 24.3 Å². The summed E-state index contributed by atoms with van der Waals surface area (Å²) in [7, 11) is 0. The molecule has 2 aliphatic rings. The van der Waals surface area contributed by atoms with E-state index in [0.29, 0.717) is 0 Å². The van der Waals surface area contributed by atoms with Crippen molar-refractivity contribution in [2.45, 2.75) is 32.1 Å². The van der Waals surface area contributed by atoms with Crippen LogP contribution in [0.15, 0.2) is 0 Å². The van der Waals surface area contributed by atoms with Crippen LogP contribution >= 0.6 is 0 Å². The molecule has 0 saturated heterocycles. The highest BCUT2D eigenvalue weighted by Gasteiger charge is 2.41. The molecule has 1 heteroatoms. The minimum Gasteiger partial charge on any atom is -0.330 e. The first-order chi connectivity index (χ1) is 4.90. The average Bonchev–Trinajstić information content (AvgIpc) is 2.66. The van der Waals surface area contributed by atoms with Gasteiger partial charge in [-0.05, 0) is 50.0 Å². The molecular weight excluding hydrogens is 122 g/mol. The van der Waals surface area contributed by atoms with E-state index >= 15 is 0 Å². The molecule has 2 aliphatic carbocycles. The Morgan fingerprint density at radius 2 is 2.00 bits per heavy atom. The minimum atomic E-state index is 0.905. The maximum absolute atomic E-state index is 5.52. The fourth-order valence-corrected chi connectivity index (χ4v) is 2.45. The summed E-state index contributed by atoms with van der Waals surface area (Å²) in [6, 6.07) is 0. The predicted octanol–water partition coefficient (Wildman–Crippen LogP) is 1.77. The van der Waals surface area contributed by atoms with Crippen molar-refractivity contribution in [3.8, 4) is 0 Å². The van der Waals surface area contributed by atoms with E-state index in [1.807, 2.05) is 0 Å². The van der Waals surface area contributed by atoms with Gasteiger partial charge in [0, 0.05) is 0 Å². The van der Waals surface area contributed by atoms with Gasteiger partial charge in [0.15, 0.2) is 0 Å². The van der Waals surface area contributed by atoms with Crippen molar-refractivity contribution in [1.82, 2.24) is 0 Å². The Morgan fingerprint density at radius 3 is 2.70 bits per heavy atom. The van der Waals surface area contributed by atoms with Crippen LogP contribution in [0.25, 0.3) is 0 Å². The first kappa shape index (κ1) is 6.66. The van der Waals surface area contributed by atoms with Crippen molar-refractivity contribution in [3.05, 3.63) is 0 Å². The summed E-state index contributed by atoms with van der Waals surface area (Å²) in [6.07, 6.45) is 7.31. The molecule has 1 nitrogen and oxygen atoms in total. The lowest BCUT2D eigenvalue weighted by Gasteiger charge is -2.19. The van der Waals surface area contributed by atoms with Crippen LogP contribution in [-0.4, -0.2) is 6.54 Å². The molecule has 2 saturated carbocycles. The van der Waals surface area contributed by atoms with Gasteiger partial charge in [0.1, 0.15) is 0 Å². The van der Waals surface area contributed by atoms with Crippen LogP contribution in [0, 0.1) is 17.8 Å². The largest absolute Gasteiger partial charge is 0.330 e. The average molecular weight is 139 g/mol. The van der Waals surface area contributed by atoms with Crippen molar-refractivity contribution in [1.29, 1.82) is 0 Å². The molecule has 0 unspecified atom stereocenters. The summed E-state index contributed by atoms with van der Waals surface area (Å²) >= 11 is 0. The normalized spacial score (nSPS) is 44.7. The van der Waals surface area contributed by atoms with Crippen LogP contribution in [0.2, 0.25) is 0 Å². The highest BCUT2D eigenvalue weighted by molar-refractivity contribution is 4.92. The van der Waals surface area contributed by atoms with Gasteiger partial charge in [-0.2, -0.15) is 0 Å². The second-order valence-electron chi connectivity index (χ2n) is 4.01. The van der Waals surface area contributed by atoms with Gasteiger partial charge in [-0.3, -0.25) is 0 Å². The molecule has 0 aromatic heterocycles. The molecule has 2 rings (SSSR count). The van der Waals surface area contributed by atoms with Crippen LogP contribution in [0.1, 0.15) is 32.1 Å². The van der Waals surface area contributed by atoms with Crippen molar-refractivity contribution in [2.75, 3.05) is 6.54 Å². The van der Waals surface area contributed by atoms with E-state index < -0.39 is 0 Å². The Hall–Kier alpha value is -0.0400. The van der Waals surface area contributed by atoms with Crippen molar-refractivity contribution >= 4 is 0 Å². The Balaban J connectivity index is 1.77. The third-order valence-electron chi connectivity index (χ3n) is 3.23. The van der Waals surface area contributed by atoms with Crippen LogP contribution in [0.5, 0.6) is 0 Å². The maximum Gasteiger partial charge on any atom is -0.00746 e. The van der Waals surface area contributed by atoms with Gasteiger partial charge in [0.05, 0.1) is 0 Å². The fourth-order valence-electron chi connectivity index (χ4n) is 2.45. The minimum absolute atomic E-state index is 0.905. The van der Waals surface area contributed by atoms with E-state index in [2.05, 4.69) is 0 Å². The molecule has 0 aliphatic heterocycles. The Kier molecular flexibility index (Phi) is 1.69.